The van der Waals surface area contributed by atoms with Gasteiger partial charge in [0, 0.05) is 35.5 Å². The van der Waals surface area contributed by atoms with Crippen molar-refractivity contribution in [1.82, 2.24) is 14.9 Å². The van der Waals surface area contributed by atoms with Gasteiger partial charge in [-0.25, -0.2) is 9.97 Å². The molecule has 1 aromatic heterocycles. The number of hydrogen-bond donors (Lipinski definition) is 0. The first-order valence-electron chi connectivity index (χ1n) is 6.22. The van der Waals surface area contributed by atoms with Crippen LogP contribution in [0.4, 0.5) is 0 Å². The van der Waals surface area contributed by atoms with E-state index in [1.807, 2.05) is 13.0 Å². The number of halogens is 3. The van der Waals surface area contributed by atoms with Crippen LogP contribution in [0.1, 0.15) is 23.0 Å². The second kappa shape index (κ2) is 7.20. The van der Waals surface area contributed by atoms with Gasteiger partial charge < -0.3 is 4.90 Å². The van der Waals surface area contributed by atoms with Crippen LogP contribution in [0.3, 0.4) is 0 Å². The first kappa shape index (κ1) is 16.2. The molecule has 7 heteroatoms. The molecular formula is C14H12BrCl2N3O. The lowest BCUT2D eigenvalue weighted by molar-refractivity contribution is 0.0745. The zero-order chi connectivity index (χ0) is 15.4. The minimum Gasteiger partial charge on any atom is -0.333 e. The molecule has 2 rings (SSSR count). The fourth-order valence-electron chi connectivity index (χ4n) is 1.80. The molecule has 110 valence electrons. The maximum absolute atomic E-state index is 12.5. The largest absolute Gasteiger partial charge is 0.333 e. The third-order valence-electron chi connectivity index (χ3n) is 2.90. The summed E-state index contributed by atoms with van der Waals surface area (Å²) in [5.74, 6) is -0.205. The molecule has 0 unspecified atom stereocenters. The van der Waals surface area contributed by atoms with Gasteiger partial charge >= 0.3 is 0 Å². The van der Waals surface area contributed by atoms with Gasteiger partial charge in [-0.05, 0) is 40.5 Å². The first-order valence-corrected chi connectivity index (χ1v) is 7.77. The van der Waals surface area contributed by atoms with Crippen molar-refractivity contribution in [3.63, 3.8) is 0 Å². The summed E-state index contributed by atoms with van der Waals surface area (Å²) >= 11 is 15.3. The van der Waals surface area contributed by atoms with Crippen LogP contribution < -0.4 is 0 Å². The zero-order valence-electron chi connectivity index (χ0n) is 11.2. The highest BCUT2D eigenvalue weighted by Gasteiger charge is 2.20. The summed E-state index contributed by atoms with van der Waals surface area (Å²) in [5.41, 5.74) is 1.11. The predicted molar refractivity (Wildman–Crippen MR) is 86.6 cm³/mol. The van der Waals surface area contributed by atoms with Crippen LogP contribution in [0.5, 0.6) is 0 Å². The molecule has 0 aliphatic carbocycles. The van der Waals surface area contributed by atoms with Crippen LogP contribution >= 0.6 is 39.1 Å². The number of carbonyl (C=O) groups excluding carboxylic acids is 1. The highest BCUT2D eigenvalue weighted by Crippen LogP contribution is 2.23. The van der Waals surface area contributed by atoms with Crippen LogP contribution in [0.25, 0.3) is 0 Å². The Bertz CT molecular complexity index is 666. The van der Waals surface area contributed by atoms with E-state index in [9.17, 15) is 4.79 Å². The average Bonchev–Trinajstić information content (AvgIpc) is 2.46. The van der Waals surface area contributed by atoms with Crippen LogP contribution in [-0.2, 0) is 6.54 Å². The van der Waals surface area contributed by atoms with E-state index in [2.05, 4.69) is 25.9 Å². The summed E-state index contributed by atoms with van der Waals surface area (Å²) in [6, 6.07) is 5.22. The monoisotopic (exact) mass is 387 g/mol. The summed E-state index contributed by atoms with van der Waals surface area (Å²) < 4.78 is 0.427. The molecule has 0 atom stereocenters. The second-order valence-corrected chi connectivity index (χ2v) is 5.85. The van der Waals surface area contributed by atoms with Crippen molar-refractivity contribution in [3.8, 4) is 0 Å². The van der Waals surface area contributed by atoms with Crippen LogP contribution in [-0.4, -0.2) is 27.3 Å². The van der Waals surface area contributed by atoms with Crippen molar-refractivity contribution in [1.29, 1.82) is 0 Å². The Kier molecular flexibility index (Phi) is 5.56. The van der Waals surface area contributed by atoms with E-state index in [0.717, 1.165) is 5.56 Å². The Morgan fingerprint density at radius 3 is 2.62 bits per heavy atom. The van der Waals surface area contributed by atoms with Crippen LogP contribution in [0.2, 0.25) is 10.0 Å². The van der Waals surface area contributed by atoms with Crippen molar-refractivity contribution in [2.75, 3.05) is 6.54 Å². The molecule has 0 aliphatic heterocycles. The van der Waals surface area contributed by atoms with Gasteiger partial charge in [-0.2, -0.15) is 0 Å². The molecule has 0 fully saturated rings. The van der Waals surface area contributed by atoms with Gasteiger partial charge in [-0.3, -0.25) is 4.79 Å². The predicted octanol–water partition coefficient (Wildman–Crippen LogP) is 4.21. The Labute approximate surface area is 141 Å². The SMILES string of the molecule is CCN(Cc1ccc(Cl)cc1Cl)C(=O)c1nccnc1Br. The van der Waals surface area contributed by atoms with Gasteiger partial charge in [-0.1, -0.05) is 29.3 Å². The van der Waals surface area contributed by atoms with Crippen molar-refractivity contribution in [2.45, 2.75) is 13.5 Å². The van der Waals surface area contributed by atoms with Crippen molar-refractivity contribution in [3.05, 3.63) is 56.5 Å². The minimum atomic E-state index is -0.205. The van der Waals surface area contributed by atoms with Gasteiger partial charge in [0.25, 0.3) is 5.91 Å². The van der Waals surface area contributed by atoms with Gasteiger partial charge in [0.05, 0.1) is 0 Å². The number of amides is 1. The number of benzene rings is 1. The highest BCUT2D eigenvalue weighted by atomic mass is 79.9. The normalized spacial score (nSPS) is 10.5. The molecule has 0 bridgehead atoms. The molecule has 1 heterocycles. The van der Waals surface area contributed by atoms with Crippen molar-refractivity contribution >= 4 is 45.0 Å². The topological polar surface area (TPSA) is 46.1 Å². The average molecular weight is 389 g/mol. The molecular weight excluding hydrogens is 377 g/mol. The van der Waals surface area contributed by atoms with E-state index in [4.69, 9.17) is 23.2 Å². The maximum atomic E-state index is 12.5. The Morgan fingerprint density at radius 2 is 2.00 bits per heavy atom. The molecule has 4 nitrogen and oxygen atoms in total. The van der Waals surface area contributed by atoms with E-state index in [0.29, 0.717) is 27.7 Å². The summed E-state index contributed by atoms with van der Waals surface area (Å²) in [7, 11) is 0. The van der Waals surface area contributed by atoms with E-state index in [-0.39, 0.29) is 11.6 Å². The number of nitrogens with zero attached hydrogens (tertiary/aromatic N) is 3. The standard InChI is InChI=1S/C14H12BrCl2N3O/c1-2-20(8-9-3-4-10(16)7-11(9)17)14(21)12-13(15)19-6-5-18-12/h3-7H,2,8H2,1H3. The lowest BCUT2D eigenvalue weighted by atomic mass is 10.2. The molecule has 0 aliphatic rings. The molecule has 0 spiro atoms. The van der Waals surface area contributed by atoms with Gasteiger partial charge in [0.2, 0.25) is 0 Å². The molecule has 21 heavy (non-hydrogen) atoms. The molecule has 2 aromatic rings. The summed E-state index contributed by atoms with van der Waals surface area (Å²) in [6.45, 7) is 2.81. The van der Waals surface area contributed by atoms with E-state index >= 15 is 0 Å². The smallest absolute Gasteiger partial charge is 0.275 e. The minimum absolute atomic E-state index is 0.205. The molecule has 0 N–H and O–H groups in total. The van der Waals surface area contributed by atoms with Gasteiger partial charge in [-0.15, -0.1) is 0 Å². The quantitative estimate of drug-likeness (QED) is 0.788. The summed E-state index contributed by atoms with van der Waals surface area (Å²) in [5, 5.41) is 1.10. The van der Waals surface area contributed by atoms with Crippen LogP contribution in [0.15, 0.2) is 35.2 Å². The van der Waals surface area contributed by atoms with Crippen molar-refractivity contribution in [2.24, 2.45) is 0 Å². The lowest BCUT2D eigenvalue weighted by Crippen LogP contribution is -2.31. The molecule has 1 amide bonds. The summed E-state index contributed by atoms with van der Waals surface area (Å²) in [4.78, 5) is 22.2. The molecule has 0 saturated carbocycles. The molecule has 0 radical (unpaired) electrons. The fraction of sp³-hybridized carbons (Fsp3) is 0.214. The Balaban J connectivity index is 2.24. The second-order valence-electron chi connectivity index (χ2n) is 4.25. The van der Waals surface area contributed by atoms with E-state index in [1.165, 1.54) is 12.4 Å². The zero-order valence-corrected chi connectivity index (χ0v) is 14.3. The van der Waals surface area contributed by atoms with Crippen molar-refractivity contribution < 1.29 is 4.79 Å². The lowest BCUT2D eigenvalue weighted by Gasteiger charge is -2.21. The fourth-order valence-corrected chi connectivity index (χ4v) is 2.66. The number of carbonyl (C=O) groups is 1. The number of aromatic nitrogens is 2. The summed E-state index contributed by atoms with van der Waals surface area (Å²) in [6.07, 6.45) is 3.01. The molecule has 0 saturated heterocycles. The number of rotatable bonds is 4. The van der Waals surface area contributed by atoms with Crippen LogP contribution in [0, 0.1) is 0 Å². The number of hydrogen-bond acceptors (Lipinski definition) is 3. The molecule has 1 aromatic carbocycles. The highest BCUT2D eigenvalue weighted by molar-refractivity contribution is 9.10. The first-order chi connectivity index (χ1) is 10.0. The Morgan fingerprint density at radius 1 is 1.29 bits per heavy atom. The van der Waals surface area contributed by atoms with E-state index in [1.54, 1.807) is 17.0 Å². The maximum Gasteiger partial charge on any atom is 0.275 e. The van der Waals surface area contributed by atoms with Gasteiger partial charge in [0.1, 0.15) is 4.60 Å². The van der Waals surface area contributed by atoms with Gasteiger partial charge in [0.15, 0.2) is 5.69 Å². The Hall–Kier alpha value is -1.17. The third kappa shape index (κ3) is 3.93. The third-order valence-corrected chi connectivity index (χ3v) is 4.07. The van der Waals surface area contributed by atoms with E-state index < -0.39 is 0 Å².